The number of aromatic hydroxyl groups is 1. The van der Waals surface area contributed by atoms with Gasteiger partial charge in [0.15, 0.2) is 0 Å². The summed E-state index contributed by atoms with van der Waals surface area (Å²) in [5.41, 5.74) is 0.0154. The van der Waals surface area contributed by atoms with Crippen LogP contribution in [0.5, 0.6) is 5.75 Å². The van der Waals surface area contributed by atoms with Gasteiger partial charge in [-0.1, -0.05) is 37.0 Å². The average Bonchev–Trinajstić information content (AvgIpc) is 2.72. The van der Waals surface area contributed by atoms with Crippen LogP contribution in [0.25, 0.3) is 0 Å². The molecule has 4 N–H and O–H groups in total. The fourth-order valence-electron chi connectivity index (χ4n) is 4.03. The fourth-order valence-corrected chi connectivity index (χ4v) is 4.52. The summed E-state index contributed by atoms with van der Waals surface area (Å²) in [6, 6.07) is 1.96. The molecule has 3 rings (SSSR count). The van der Waals surface area contributed by atoms with Gasteiger partial charge in [0.25, 0.3) is 5.91 Å². The minimum Gasteiger partial charge on any atom is -0.506 e. The van der Waals surface area contributed by atoms with Crippen molar-refractivity contribution in [1.82, 2.24) is 20.9 Å². The van der Waals surface area contributed by atoms with E-state index in [1.54, 1.807) is 4.90 Å². The molecule has 1 saturated carbocycles. The number of halogens is 2. The maximum atomic E-state index is 12.8. The van der Waals surface area contributed by atoms with Crippen LogP contribution in [-0.4, -0.2) is 59.1 Å². The van der Waals surface area contributed by atoms with E-state index in [9.17, 15) is 19.5 Å². The Hall–Kier alpha value is -2.19. The molecule has 2 fully saturated rings. The number of benzene rings is 1. The Balaban J connectivity index is 1.51. The van der Waals surface area contributed by atoms with E-state index >= 15 is 0 Å². The Morgan fingerprint density at radius 3 is 2.27 bits per heavy atom. The second-order valence-corrected chi connectivity index (χ2v) is 10.1. The van der Waals surface area contributed by atoms with Crippen molar-refractivity contribution in [2.24, 2.45) is 5.92 Å². The average molecular weight is 499 g/mol. The third kappa shape index (κ3) is 6.90. The highest BCUT2D eigenvalue weighted by Gasteiger charge is 2.30. The molecule has 2 aliphatic rings. The number of phenols is 1. The van der Waals surface area contributed by atoms with Crippen molar-refractivity contribution in [2.45, 2.75) is 70.5 Å². The van der Waals surface area contributed by atoms with Gasteiger partial charge >= 0.3 is 6.03 Å². The predicted octanol–water partition coefficient (Wildman–Crippen LogP) is 3.69. The number of hydrogen-bond acceptors (Lipinski definition) is 4. The molecular formula is C23H32Cl2N4O4. The third-order valence-corrected chi connectivity index (χ3v) is 6.67. The van der Waals surface area contributed by atoms with Crippen LogP contribution in [0.2, 0.25) is 10.0 Å². The first-order valence-electron chi connectivity index (χ1n) is 11.5. The van der Waals surface area contributed by atoms with E-state index in [4.69, 9.17) is 23.2 Å². The Bertz CT molecular complexity index is 883. The molecule has 182 valence electrons. The number of urea groups is 1. The molecule has 0 unspecified atom stereocenters. The van der Waals surface area contributed by atoms with E-state index in [1.807, 2.05) is 13.8 Å². The molecule has 0 radical (unpaired) electrons. The standard InChI is InChI=1S/C23H32Cl2N4O4/c1-13(2)10-19(22(32)27-15-4-3-5-15)28-23(33)29-8-6-16(7-9-29)26-21(31)17-11-14(24)12-18(25)20(17)30/h11-13,15-16,19,30H,3-10H2,1-2H3,(H,26,31)(H,27,32)(H,28,33)/t19-/m0/s1. The molecule has 10 heteroatoms. The smallest absolute Gasteiger partial charge is 0.318 e. The van der Waals surface area contributed by atoms with E-state index < -0.39 is 11.9 Å². The molecule has 1 aromatic rings. The van der Waals surface area contributed by atoms with Crippen LogP contribution in [0, 0.1) is 5.92 Å². The summed E-state index contributed by atoms with van der Waals surface area (Å²) in [5, 5.41) is 19.1. The van der Waals surface area contributed by atoms with Gasteiger partial charge in [0.1, 0.15) is 11.8 Å². The lowest BCUT2D eigenvalue weighted by Crippen LogP contribution is -2.56. The van der Waals surface area contributed by atoms with E-state index in [0.29, 0.717) is 32.4 Å². The first-order valence-corrected chi connectivity index (χ1v) is 12.2. The number of nitrogens with zero attached hydrogens (tertiary/aromatic N) is 1. The third-order valence-electron chi connectivity index (χ3n) is 6.16. The zero-order chi connectivity index (χ0) is 24.1. The number of nitrogens with one attached hydrogen (secondary N) is 3. The van der Waals surface area contributed by atoms with E-state index in [-0.39, 0.29) is 51.3 Å². The maximum Gasteiger partial charge on any atom is 0.318 e. The number of phenolic OH excluding ortho intramolecular Hbond substituents is 1. The van der Waals surface area contributed by atoms with Crippen LogP contribution in [0.1, 0.15) is 62.7 Å². The van der Waals surface area contributed by atoms with Crippen LogP contribution in [-0.2, 0) is 4.79 Å². The highest BCUT2D eigenvalue weighted by Crippen LogP contribution is 2.31. The normalized spacial score (nSPS) is 17.9. The monoisotopic (exact) mass is 498 g/mol. The highest BCUT2D eigenvalue weighted by atomic mass is 35.5. The van der Waals surface area contributed by atoms with Crippen molar-refractivity contribution < 1.29 is 19.5 Å². The Morgan fingerprint density at radius 1 is 1.06 bits per heavy atom. The second kappa shape index (κ2) is 11.3. The van der Waals surface area contributed by atoms with Crippen molar-refractivity contribution in [3.63, 3.8) is 0 Å². The molecule has 33 heavy (non-hydrogen) atoms. The number of amides is 4. The van der Waals surface area contributed by atoms with Crippen molar-refractivity contribution in [2.75, 3.05) is 13.1 Å². The fraction of sp³-hybridized carbons (Fsp3) is 0.609. The first-order chi connectivity index (χ1) is 15.6. The lowest BCUT2D eigenvalue weighted by molar-refractivity contribution is -0.124. The van der Waals surface area contributed by atoms with Gasteiger partial charge in [-0.3, -0.25) is 9.59 Å². The van der Waals surface area contributed by atoms with Gasteiger partial charge in [-0.2, -0.15) is 0 Å². The zero-order valence-electron chi connectivity index (χ0n) is 19.0. The molecule has 4 amide bonds. The lowest BCUT2D eigenvalue weighted by atomic mass is 9.92. The van der Waals surface area contributed by atoms with E-state index in [1.165, 1.54) is 12.1 Å². The van der Waals surface area contributed by atoms with Gasteiger partial charge in [0.05, 0.1) is 10.6 Å². The number of carbonyl (C=O) groups excluding carboxylic acids is 3. The summed E-state index contributed by atoms with van der Waals surface area (Å²) in [4.78, 5) is 39.7. The largest absolute Gasteiger partial charge is 0.506 e. The summed E-state index contributed by atoms with van der Waals surface area (Å²) < 4.78 is 0. The molecule has 1 atom stereocenters. The molecule has 1 saturated heterocycles. The molecule has 0 aromatic heterocycles. The molecule has 0 bridgehead atoms. The molecule has 0 spiro atoms. The van der Waals surface area contributed by atoms with Gasteiger partial charge in [0, 0.05) is 30.2 Å². The summed E-state index contributed by atoms with van der Waals surface area (Å²) in [5.74, 6) is -0.639. The van der Waals surface area contributed by atoms with Crippen LogP contribution >= 0.6 is 23.2 Å². The molecule has 1 heterocycles. The number of carbonyl (C=O) groups is 3. The molecule has 1 aliphatic heterocycles. The van der Waals surface area contributed by atoms with Crippen molar-refractivity contribution in [3.05, 3.63) is 27.7 Å². The SMILES string of the molecule is CC(C)C[C@H](NC(=O)N1CCC(NC(=O)c2cc(Cl)cc(Cl)c2O)CC1)C(=O)NC1CCC1. The van der Waals surface area contributed by atoms with Crippen LogP contribution in [0.15, 0.2) is 12.1 Å². The summed E-state index contributed by atoms with van der Waals surface area (Å²) in [6.07, 6.45) is 4.79. The van der Waals surface area contributed by atoms with Crippen LogP contribution < -0.4 is 16.0 Å². The van der Waals surface area contributed by atoms with Crippen LogP contribution in [0.4, 0.5) is 4.79 Å². The van der Waals surface area contributed by atoms with Gasteiger partial charge in [-0.05, 0) is 56.6 Å². The Labute approximate surface area is 204 Å². The molecule has 1 aromatic carbocycles. The molecule has 1 aliphatic carbocycles. The first kappa shape index (κ1) is 25.4. The summed E-state index contributed by atoms with van der Waals surface area (Å²) in [6.45, 7) is 4.93. The minimum absolute atomic E-state index is 0.0106. The zero-order valence-corrected chi connectivity index (χ0v) is 20.5. The molecule has 8 nitrogen and oxygen atoms in total. The van der Waals surface area contributed by atoms with Gasteiger partial charge in [-0.25, -0.2) is 4.79 Å². The van der Waals surface area contributed by atoms with E-state index in [0.717, 1.165) is 19.3 Å². The summed E-state index contributed by atoms with van der Waals surface area (Å²) in [7, 11) is 0. The van der Waals surface area contributed by atoms with Crippen molar-refractivity contribution >= 4 is 41.0 Å². The van der Waals surface area contributed by atoms with Gasteiger partial charge < -0.3 is 26.0 Å². The number of likely N-dealkylation sites (tertiary alicyclic amines) is 1. The lowest BCUT2D eigenvalue weighted by Gasteiger charge is -2.34. The predicted molar refractivity (Wildman–Crippen MR) is 128 cm³/mol. The topological polar surface area (TPSA) is 111 Å². The highest BCUT2D eigenvalue weighted by molar-refractivity contribution is 6.36. The van der Waals surface area contributed by atoms with Crippen molar-refractivity contribution in [3.8, 4) is 5.75 Å². The number of hydrogen-bond donors (Lipinski definition) is 4. The van der Waals surface area contributed by atoms with E-state index in [2.05, 4.69) is 16.0 Å². The Morgan fingerprint density at radius 2 is 1.70 bits per heavy atom. The number of rotatable bonds is 7. The van der Waals surface area contributed by atoms with Gasteiger partial charge in [-0.15, -0.1) is 0 Å². The molecular weight excluding hydrogens is 467 g/mol. The Kier molecular flexibility index (Phi) is 8.70. The quantitative estimate of drug-likeness (QED) is 0.459. The van der Waals surface area contributed by atoms with Crippen molar-refractivity contribution in [1.29, 1.82) is 0 Å². The number of piperidine rings is 1. The second-order valence-electron chi connectivity index (χ2n) is 9.29. The maximum absolute atomic E-state index is 12.8. The minimum atomic E-state index is -0.564. The van der Waals surface area contributed by atoms with Crippen LogP contribution in [0.3, 0.4) is 0 Å². The van der Waals surface area contributed by atoms with Gasteiger partial charge in [0.2, 0.25) is 5.91 Å². The summed E-state index contributed by atoms with van der Waals surface area (Å²) >= 11 is 11.8.